The molecule has 0 radical (unpaired) electrons. The number of thiazole rings is 1. The molecule has 2 rings (SSSR count). The number of nitrogens with one attached hydrogen (secondary N) is 1. The van der Waals surface area contributed by atoms with Gasteiger partial charge in [-0.05, 0) is 32.6 Å². The summed E-state index contributed by atoms with van der Waals surface area (Å²) in [5.74, 6) is 1.75. The molecule has 0 amide bonds. The molecule has 1 aromatic heterocycles. The van der Waals surface area contributed by atoms with E-state index in [2.05, 4.69) is 34.2 Å². The van der Waals surface area contributed by atoms with Crippen LogP contribution >= 0.6 is 11.3 Å². The Bertz CT molecular complexity index is 456. The number of guanidine groups is 1. The van der Waals surface area contributed by atoms with Crippen LogP contribution in [-0.4, -0.2) is 49.2 Å². The summed E-state index contributed by atoms with van der Waals surface area (Å²) in [6.45, 7) is 8.20. The molecule has 1 fully saturated rings. The fraction of sp³-hybridized carbons (Fsp3) is 0.733. The van der Waals surface area contributed by atoms with Crippen molar-refractivity contribution < 1.29 is 4.74 Å². The van der Waals surface area contributed by atoms with E-state index in [0.29, 0.717) is 6.54 Å². The van der Waals surface area contributed by atoms with Gasteiger partial charge >= 0.3 is 0 Å². The van der Waals surface area contributed by atoms with Crippen molar-refractivity contribution in [2.75, 3.05) is 33.4 Å². The van der Waals surface area contributed by atoms with Crippen molar-refractivity contribution in [2.45, 2.75) is 33.2 Å². The Morgan fingerprint density at radius 1 is 1.57 bits per heavy atom. The molecule has 0 aromatic carbocycles. The molecule has 0 unspecified atom stereocenters. The Kier molecular flexibility index (Phi) is 6.45. The van der Waals surface area contributed by atoms with Gasteiger partial charge in [0, 0.05) is 37.8 Å². The number of aliphatic imine (C=N–C) groups is 1. The Morgan fingerprint density at radius 3 is 3.00 bits per heavy atom. The first-order chi connectivity index (χ1) is 10.2. The van der Waals surface area contributed by atoms with Crippen LogP contribution in [0.25, 0.3) is 0 Å². The summed E-state index contributed by atoms with van der Waals surface area (Å²) < 4.78 is 5.69. The molecular formula is C15H26N4OS. The fourth-order valence-corrected chi connectivity index (χ4v) is 2.66. The lowest BCUT2D eigenvalue weighted by Gasteiger charge is -2.21. The highest BCUT2D eigenvalue weighted by Crippen LogP contribution is 2.28. The summed E-state index contributed by atoms with van der Waals surface area (Å²) in [5.41, 5.74) is 0. The summed E-state index contributed by atoms with van der Waals surface area (Å²) in [5, 5.41) is 4.42. The van der Waals surface area contributed by atoms with Crippen LogP contribution in [0.4, 0.5) is 0 Å². The van der Waals surface area contributed by atoms with Gasteiger partial charge in [-0.25, -0.2) is 9.98 Å². The maximum Gasteiger partial charge on any atom is 0.194 e. The second-order valence-electron chi connectivity index (χ2n) is 5.46. The van der Waals surface area contributed by atoms with Gasteiger partial charge in [0.05, 0.1) is 18.2 Å². The SMILES string of the molecule is CCNC(=NCc1cnc(C)s1)N(C)CCOCC1CC1. The van der Waals surface area contributed by atoms with Crippen molar-refractivity contribution in [1.29, 1.82) is 0 Å². The molecule has 0 atom stereocenters. The number of ether oxygens (including phenoxy) is 1. The van der Waals surface area contributed by atoms with Crippen LogP contribution in [0.3, 0.4) is 0 Å². The summed E-state index contributed by atoms with van der Waals surface area (Å²) >= 11 is 1.70. The van der Waals surface area contributed by atoms with Crippen LogP contribution in [-0.2, 0) is 11.3 Å². The Hall–Kier alpha value is -1.14. The second kappa shape index (κ2) is 8.34. The maximum atomic E-state index is 5.69. The number of hydrogen-bond acceptors (Lipinski definition) is 4. The molecule has 5 nitrogen and oxygen atoms in total. The number of nitrogens with zero attached hydrogens (tertiary/aromatic N) is 3. The van der Waals surface area contributed by atoms with E-state index in [-0.39, 0.29) is 0 Å². The predicted octanol–water partition coefficient (Wildman–Crippen LogP) is 2.28. The monoisotopic (exact) mass is 310 g/mol. The number of aromatic nitrogens is 1. The minimum Gasteiger partial charge on any atom is -0.379 e. The van der Waals surface area contributed by atoms with Gasteiger partial charge in [-0.15, -0.1) is 11.3 Å². The van der Waals surface area contributed by atoms with E-state index in [4.69, 9.17) is 4.74 Å². The van der Waals surface area contributed by atoms with E-state index in [0.717, 1.165) is 43.2 Å². The van der Waals surface area contributed by atoms with Gasteiger partial charge in [-0.3, -0.25) is 0 Å². The van der Waals surface area contributed by atoms with Crippen LogP contribution in [0.1, 0.15) is 29.7 Å². The molecule has 0 aliphatic heterocycles. The molecule has 0 spiro atoms. The van der Waals surface area contributed by atoms with Gasteiger partial charge in [0.25, 0.3) is 0 Å². The van der Waals surface area contributed by atoms with Crippen molar-refractivity contribution in [3.05, 3.63) is 16.1 Å². The molecule has 6 heteroatoms. The van der Waals surface area contributed by atoms with Crippen molar-refractivity contribution in [1.82, 2.24) is 15.2 Å². The second-order valence-corrected chi connectivity index (χ2v) is 6.77. The molecule has 1 saturated carbocycles. The van der Waals surface area contributed by atoms with Gasteiger partial charge < -0.3 is 15.0 Å². The molecule has 21 heavy (non-hydrogen) atoms. The first-order valence-electron chi connectivity index (χ1n) is 7.67. The Morgan fingerprint density at radius 2 is 2.38 bits per heavy atom. The normalized spacial score (nSPS) is 15.3. The van der Waals surface area contributed by atoms with Crippen LogP contribution in [0.15, 0.2) is 11.2 Å². The van der Waals surface area contributed by atoms with Gasteiger partial charge in [-0.1, -0.05) is 0 Å². The maximum absolute atomic E-state index is 5.69. The number of likely N-dealkylation sites (N-methyl/N-ethyl adjacent to an activating group) is 1. The van der Waals surface area contributed by atoms with Crippen molar-refractivity contribution in [3.63, 3.8) is 0 Å². The topological polar surface area (TPSA) is 49.8 Å². The summed E-state index contributed by atoms with van der Waals surface area (Å²) in [6, 6.07) is 0. The van der Waals surface area contributed by atoms with Gasteiger partial charge in [-0.2, -0.15) is 0 Å². The summed E-state index contributed by atoms with van der Waals surface area (Å²) in [6.07, 6.45) is 4.59. The average molecular weight is 310 g/mol. The van der Waals surface area contributed by atoms with Crippen molar-refractivity contribution in [3.8, 4) is 0 Å². The quantitative estimate of drug-likeness (QED) is 0.455. The third-order valence-corrected chi connectivity index (χ3v) is 4.27. The first-order valence-corrected chi connectivity index (χ1v) is 8.49. The van der Waals surface area contributed by atoms with E-state index < -0.39 is 0 Å². The molecule has 0 saturated heterocycles. The number of aryl methyl sites for hydroxylation is 1. The minimum atomic E-state index is 0.682. The van der Waals surface area contributed by atoms with Crippen molar-refractivity contribution in [2.24, 2.45) is 10.9 Å². The lowest BCUT2D eigenvalue weighted by Crippen LogP contribution is -2.40. The predicted molar refractivity (Wildman–Crippen MR) is 87.8 cm³/mol. The van der Waals surface area contributed by atoms with Crippen LogP contribution in [0, 0.1) is 12.8 Å². The molecule has 1 heterocycles. The third kappa shape index (κ3) is 6.01. The zero-order valence-electron chi connectivity index (χ0n) is 13.3. The fourth-order valence-electron chi connectivity index (χ4n) is 1.94. The highest BCUT2D eigenvalue weighted by atomic mass is 32.1. The average Bonchev–Trinajstić information content (AvgIpc) is 3.20. The smallest absolute Gasteiger partial charge is 0.194 e. The number of rotatable bonds is 8. The molecule has 0 bridgehead atoms. The van der Waals surface area contributed by atoms with Crippen LogP contribution < -0.4 is 5.32 Å². The highest BCUT2D eigenvalue weighted by molar-refractivity contribution is 7.11. The van der Waals surface area contributed by atoms with Gasteiger partial charge in [0.1, 0.15) is 0 Å². The first kappa shape index (κ1) is 16.2. The zero-order chi connectivity index (χ0) is 15.1. The van der Waals surface area contributed by atoms with Crippen molar-refractivity contribution >= 4 is 17.3 Å². The molecule has 118 valence electrons. The van der Waals surface area contributed by atoms with E-state index in [1.807, 2.05) is 13.1 Å². The Balaban J connectivity index is 1.77. The van der Waals surface area contributed by atoms with E-state index in [1.54, 1.807) is 11.3 Å². The zero-order valence-corrected chi connectivity index (χ0v) is 14.1. The molecule has 1 aliphatic rings. The molecule has 1 aromatic rings. The highest BCUT2D eigenvalue weighted by Gasteiger charge is 2.21. The van der Waals surface area contributed by atoms with Gasteiger partial charge in [0.15, 0.2) is 5.96 Å². The largest absolute Gasteiger partial charge is 0.379 e. The van der Waals surface area contributed by atoms with Crippen LogP contribution in [0.2, 0.25) is 0 Å². The molecular weight excluding hydrogens is 284 g/mol. The van der Waals surface area contributed by atoms with E-state index >= 15 is 0 Å². The van der Waals surface area contributed by atoms with E-state index in [1.165, 1.54) is 17.7 Å². The van der Waals surface area contributed by atoms with Crippen LogP contribution in [0.5, 0.6) is 0 Å². The molecule has 1 aliphatic carbocycles. The minimum absolute atomic E-state index is 0.682. The van der Waals surface area contributed by atoms with Gasteiger partial charge in [0.2, 0.25) is 0 Å². The lowest BCUT2D eigenvalue weighted by molar-refractivity contribution is 0.115. The summed E-state index contributed by atoms with van der Waals surface area (Å²) in [4.78, 5) is 12.3. The lowest BCUT2D eigenvalue weighted by atomic mass is 10.5. The van der Waals surface area contributed by atoms with E-state index in [9.17, 15) is 0 Å². The Labute approximate surface area is 131 Å². The third-order valence-electron chi connectivity index (χ3n) is 3.37. The number of hydrogen-bond donors (Lipinski definition) is 1. The molecule has 1 N–H and O–H groups in total. The summed E-state index contributed by atoms with van der Waals surface area (Å²) in [7, 11) is 2.06. The standard InChI is InChI=1S/C15H26N4OS/c1-4-16-15(18-10-14-9-17-12(2)21-14)19(3)7-8-20-11-13-5-6-13/h9,13H,4-8,10-11H2,1-3H3,(H,16,18).